The largest absolute Gasteiger partial charge is 0.394 e. The summed E-state index contributed by atoms with van der Waals surface area (Å²) in [7, 11) is 0. The van der Waals surface area contributed by atoms with Gasteiger partial charge in [-0.1, -0.05) is 66.0 Å². The highest BCUT2D eigenvalue weighted by Crippen LogP contribution is 2.67. The van der Waals surface area contributed by atoms with Gasteiger partial charge in [-0.3, -0.25) is 0 Å². The summed E-state index contributed by atoms with van der Waals surface area (Å²) in [6, 6.07) is 0. The van der Waals surface area contributed by atoms with Crippen molar-refractivity contribution in [2.24, 2.45) is 52.3 Å². The van der Waals surface area contributed by atoms with Gasteiger partial charge >= 0.3 is 0 Å². The quantitative estimate of drug-likeness (QED) is 0.257. The van der Waals surface area contributed by atoms with E-state index in [9.17, 15) is 20.4 Å². The lowest BCUT2D eigenvalue weighted by atomic mass is 9.47. The van der Waals surface area contributed by atoms with Gasteiger partial charge in [0.25, 0.3) is 0 Å². The Balaban J connectivity index is 1.24. The smallest absolute Gasteiger partial charge is 0.186 e. The topological polar surface area (TPSA) is 99.4 Å². The Morgan fingerprint density at radius 2 is 1.71 bits per heavy atom. The molecule has 4 N–H and O–H groups in total. The Morgan fingerprint density at radius 1 is 0.951 bits per heavy atom. The molecule has 0 aromatic rings. The Kier molecular flexibility index (Phi) is 9.71. The van der Waals surface area contributed by atoms with Crippen LogP contribution in [0.3, 0.4) is 0 Å². The molecule has 6 heteroatoms. The average molecular weight is 577 g/mol. The Labute approximate surface area is 249 Å². The number of ether oxygens (including phenoxy) is 2. The minimum Gasteiger partial charge on any atom is -0.394 e. The third-order valence-electron chi connectivity index (χ3n) is 13.5. The molecule has 6 nitrogen and oxygen atoms in total. The molecule has 14 atom stereocenters. The lowest BCUT2D eigenvalue weighted by molar-refractivity contribution is -0.313. The third kappa shape index (κ3) is 5.73. The van der Waals surface area contributed by atoms with Crippen LogP contribution in [0.15, 0.2) is 11.6 Å². The summed E-state index contributed by atoms with van der Waals surface area (Å²) in [6.07, 6.45) is 9.92. The average Bonchev–Trinajstić information content (AvgIpc) is 3.30. The Hall–Kier alpha value is -0.500. The van der Waals surface area contributed by atoms with Gasteiger partial charge in [0.05, 0.1) is 12.7 Å². The molecule has 1 saturated heterocycles. The molecule has 0 spiro atoms. The maximum atomic E-state index is 10.5. The maximum Gasteiger partial charge on any atom is 0.186 e. The van der Waals surface area contributed by atoms with Crippen molar-refractivity contribution in [1.82, 2.24) is 0 Å². The second-order valence-corrected chi connectivity index (χ2v) is 15.7. The minimum atomic E-state index is -1.40. The van der Waals surface area contributed by atoms with E-state index in [0.717, 1.165) is 60.7 Å². The van der Waals surface area contributed by atoms with E-state index in [0.29, 0.717) is 5.41 Å². The molecule has 0 aromatic heterocycles. The summed E-state index contributed by atoms with van der Waals surface area (Å²) < 4.78 is 11.9. The second-order valence-electron chi connectivity index (χ2n) is 15.7. The van der Waals surface area contributed by atoms with Gasteiger partial charge in [-0.25, -0.2) is 0 Å². The first-order valence-corrected chi connectivity index (χ1v) is 17.1. The first kappa shape index (κ1) is 31.9. The van der Waals surface area contributed by atoms with Gasteiger partial charge in [-0.05, 0) is 110 Å². The monoisotopic (exact) mass is 576 g/mol. The van der Waals surface area contributed by atoms with Crippen LogP contribution in [0.1, 0.15) is 112 Å². The van der Waals surface area contributed by atoms with Gasteiger partial charge in [0.2, 0.25) is 0 Å². The molecular weight excluding hydrogens is 516 g/mol. The summed E-state index contributed by atoms with van der Waals surface area (Å²) in [5.74, 6) is 5.66. The highest BCUT2D eigenvalue weighted by molar-refractivity contribution is 5.25. The molecule has 5 aliphatic rings. The molecule has 236 valence electrons. The molecule has 5 rings (SSSR count). The summed E-state index contributed by atoms with van der Waals surface area (Å²) in [6.45, 7) is 14.5. The zero-order valence-corrected chi connectivity index (χ0v) is 26.7. The van der Waals surface area contributed by atoms with Crippen LogP contribution in [-0.4, -0.2) is 63.8 Å². The lowest BCUT2D eigenvalue weighted by Crippen LogP contribution is -2.60. The molecule has 3 saturated carbocycles. The standard InChI is InChI=1S/C35H60O6/c1-7-22(20(2)3)9-8-21(4)26-12-13-27-25-11-10-23-18-24(14-16-34(23,5)28(25)15-17-35(26,27)6)40-33-32(39)31(38)30(37)29(19-36)41-33/h10,20-22,24-33,36-39H,7-9,11-19H2,1-6H3/t21-,22-,24+,25?,26-,27?,28?,29?,30?,31?,32?,33?,34+,35-/m1/s1. The summed E-state index contributed by atoms with van der Waals surface area (Å²) in [5, 5.41) is 40.4. The molecule has 1 aliphatic heterocycles. The van der Waals surface area contributed by atoms with E-state index < -0.39 is 37.3 Å². The molecule has 4 aliphatic carbocycles. The fourth-order valence-corrected chi connectivity index (χ4v) is 10.8. The summed E-state index contributed by atoms with van der Waals surface area (Å²) >= 11 is 0. The van der Waals surface area contributed by atoms with Crippen molar-refractivity contribution in [3.05, 3.63) is 11.6 Å². The molecule has 0 amide bonds. The number of hydrogen-bond acceptors (Lipinski definition) is 6. The zero-order valence-electron chi connectivity index (χ0n) is 26.7. The van der Waals surface area contributed by atoms with Crippen LogP contribution in [0.5, 0.6) is 0 Å². The highest BCUT2D eigenvalue weighted by atomic mass is 16.7. The van der Waals surface area contributed by atoms with Crippen LogP contribution < -0.4 is 0 Å². The van der Waals surface area contributed by atoms with Crippen molar-refractivity contribution in [1.29, 1.82) is 0 Å². The van der Waals surface area contributed by atoms with Gasteiger partial charge in [0, 0.05) is 0 Å². The van der Waals surface area contributed by atoms with Crippen LogP contribution in [0, 0.1) is 52.3 Å². The Bertz CT molecular complexity index is 918. The lowest BCUT2D eigenvalue weighted by Gasteiger charge is -2.58. The number of rotatable bonds is 9. The first-order valence-electron chi connectivity index (χ1n) is 17.1. The predicted molar refractivity (Wildman–Crippen MR) is 161 cm³/mol. The second kappa shape index (κ2) is 12.5. The van der Waals surface area contributed by atoms with Gasteiger partial charge in [0.1, 0.15) is 24.4 Å². The zero-order chi connectivity index (χ0) is 29.7. The normalized spacial score (nSPS) is 47.7. The van der Waals surface area contributed by atoms with Crippen molar-refractivity contribution in [3.63, 3.8) is 0 Å². The van der Waals surface area contributed by atoms with Gasteiger partial charge in [-0.15, -0.1) is 0 Å². The van der Waals surface area contributed by atoms with Crippen molar-refractivity contribution in [2.45, 2.75) is 149 Å². The van der Waals surface area contributed by atoms with Crippen LogP contribution in [0.4, 0.5) is 0 Å². The molecule has 1 heterocycles. The van der Waals surface area contributed by atoms with Crippen molar-refractivity contribution < 1.29 is 29.9 Å². The minimum absolute atomic E-state index is 0.101. The van der Waals surface area contributed by atoms with Crippen LogP contribution in [-0.2, 0) is 9.47 Å². The molecule has 41 heavy (non-hydrogen) atoms. The van der Waals surface area contributed by atoms with Crippen LogP contribution in [0.25, 0.3) is 0 Å². The van der Waals surface area contributed by atoms with E-state index in [-0.39, 0.29) is 11.5 Å². The highest BCUT2D eigenvalue weighted by Gasteiger charge is 2.59. The Morgan fingerprint density at radius 3 is 2.39 bits per heavy atom. The SMILES string of the molecule is CC[C@H](CC[C@@H](C)[C@H]1CCC2C3CC=C4C[C@@H](OC5OC(CO)C(O)C(O)C5O)CC[C@]4(C)C3CC[C@@]21C)C(C)C. The first-order chi connectivity index (χ1) is 19.4. The van der Waals surface area contributed by atoms with Gasteiger partial charge < -0.3 is 29.9 Å². The molecule has 0 radical (unpaired) electrons. The molecular formula is C35H60O6. The number of hydrogen-bond donors (Lipinski definition) is 4. The summed E-state index contributed by atoms with van der Waals surface area (Å²) in [4.78, 5) is 0. The van der Waals surface area contributed by atoms with E-state index in [1.807, 2.05) is 0 Å². The molecule has 0 aromatic carbocycles. The molecule has 8 unspecified atom stereocenters. The number of aliphatic hydroxyl groups excluding tert-OH is 4. The number of fused-ring (bicyclic) bond motifs is 5. The van der Waals surface area contributed by atoms with Crippen molar-refractivity contribution in [2.75, 3.05) is 6.61 Å². The predicted octanol–water partition coefficient (Wildman–Crippen LogP) is 5.85. The fraction of sp³-hybridized carbons (Fsp3) is 0.943. The van der Waals surface area contributed by atoms with Crippen LogP contribution in [0.2, 0.25) is 0 Å². The van der Waals surface area contributed by atoms with E-state index in [1.54, 1.807) is 0 Å². The summed E-state index contributed by atoms with van der Waals surface area (Å²) in [5.41, 5.74) is 2.19. The van der Waals surface area contributed by atoms with E-state index in [4.69, 9.17) is 9.47 Å². The molecule has 0 bridgehead atoms. The van der Waals surface area contributed by atoms with E-state index in [2.05, 4.69) is 47.6 Å². The van der Waals surface area contributed by atoms with E-state index >= 15 is 0 Å². The number of allylic oxidation sites excluding steroid dienone is 1. The fourth-order valence-electron chi connectivity index (χ4n) is 10.8. The van der Waals surface area contributed by atoms with Gasteiger partial charge in [0.15, 0.2) is 6.29 Å². The third-order valence-corrected chi connectivity index (χ3v) is 13.5. The maximum absolute atomic E-state index is 10.5. The van der Waals surface area contributed by atoms with E-state index in [1.165, 1.54) is 56.9 Å². The van der Waals surface area contributed by atoms with Crippen molar-refractivity contribution in [3.8, 4) is 0 Å². The van der Waals surface area contributed by atoms with Gasteiger partial charge in [-0.2, -0.15) is 0 Å². The van der Waals surface area contributed by atoms with Crippen molar-refractivity contribution >= 4 is 0 Å². The number of aliphatic hydroxyl groups is 4. The molecule has 4 fully saturated rings. The van der Waals surface area contributed by atoms with Crippen LogP contribution >= 0.6 is 0 Å².